The third-order valence-electron chi connectivity index (χ3n) is 5.46. The fourth-order valence-electron chi connectivity index (χ4n) is 3.69. The molecule has 0 aliphatic carbocycles. The topological polar surface area (TPSA) is 77.1 Å². The second-order valence-corrected chi connectivity index (χ2v) is 8.29. The highest BCUT2D eigenvalue weighted by Gasteiger charge is 2.26. The summed E-state index contributed by atoms with van der Waals surface area (Å²) in [5.74, 6) is 1.56. The number of amides is 2. The van der Waals surface area contributed by atoms with Gasteiger partial charge in [0, 0.05) is 5.69 Å². The first-order chi connectivity index (χ1) is 16.4. The highest BCUT2D eigenvalue weighted by Crippen LogP contribution is 2.34. The van der Waals surface area contributed by atoms with E-state index in [9.17, 15) is 9.59 Å². The van der Waals surface area contributed by atoms with Crippen LogP contribution in [0.2, 0.25) is 0 Å². The Kier molecular flexibility index (Phi) is 7.01. The summed E-state index contributed by atoms with van der Waals surface area (Å²) in [4.78, 5) is 26.7. The second-order valence-electron chi connectivity index (χ2n) is 8.29. The van der Waals surface area contributed by atoms with E-state index in [1.165, 1.54) is 0 Å². The van der Waals surface area contributed by atoms with Gasteiger partial charge in [0.25, 0.3) is 11.8 Å². The first-order valence-corrected chi connectivity index (χ1v) is 11.2. The van der Waals surface area contributed by atoms with E-state index in [0.717, 1.165) is 22.4 Å². The van der Waals surface area contributed by atoms with Crippen LogP contribution in [-0.4, -0.2) is 38.2 Å². The van der Waals surface area contributed by atoms with Crippen molar-refractivity contribution in [2.24, 2.45) is 0 Å². The van der Waals surface area contributed by atoms with Crippen molar-refractivity contribution in [1.29, 1.82) is 0 Å². The molecular weight excluding hydrogens is 432 g/mol. The van der Waals surface area contributed by atoms with Crippen LogP contribution in [0.3, 0.4) is 0 Å². The molecule has 0 bridgehead atoms. The van der Waals surface area contributed by atoms with E-state index >= 15 is 0 Å². The van der Waals surface area contributed by atoms with Gasteiger partial charge in [-0.25, -0.2) is 0 Å². The molecule has 0 spiro atoms. The lowest BCUT2D eigenvalue weighted by Crippen LogP contribution is -2.41. The monoisotopic (exact) mass is 460 g/mol. The highest BCUT2D eigenvalue weighted by atomic mass is 16.5. The number of nitrogens with zero attached hydrogens (tertiary/aromatic N) is 1. The molecule has 0 radical (unpaired) electrons. The summed E-state index contributed by atoms with van der Waals surface area (Å²) >= 11 is 0. The number of carbonyl (C=O) groups is 2. The smallest absolute Gasteiger partial charge is 0.265 e. The van der Waals surface area contributed by atoms with Crippen LogP contribution in [-0.2, 0) is 9.59 Å². The molecule has 7 heteroatoms. The van der Waals surface area contributed by atoms with Gasteiger partial charge in [-0.15, -0.1) is 0 Å². The normalized spacial score (nSPS) is 12.6. The average Bonchev–Trinajstić information content (AvgIpc) is 2.81. The number of carbonyl (C=O) groups excluding carboxylic acids is 2. The van der Waals surface area contributed by atoms with E-state index in [4.69, 9.17) is 14.2 Å². The number of aryl methyl sites for hydroxylation is 3. The number of nitrogens with one attached hydrogen (secondary N) is 1. The lowest BCUT2D eigenvalue weighted by atomic mass is 10.1. The van der Waals surface area contributed by atoms with Gasteiger partial charge in [-0.1, -0.05) is 24.3 Å². The maximum absolute atomic E-state index is 12.5. The minimum atomic E-state index is -0.293. The van der Waals surface area contributed by atoms with Gasteiger partial charge in [-0.05, 0) is 73.9 Å². The molecule has 0 saturated heterocycles. The molecule has 34 heavy (non-hydrogen) atoms. The molecule has 4 rings (SSSR count). The molecule has 1 aliphatic rings. The Bertz CT molecular complexity index is 1210. The Morgan fingerprint density at radius 2 is 1.82 bits per heavy atom. The van der Waals surface area contributed by atoms with E-state index in [0.29, 0.717) is 36.0 Å². The standard InChI is InChI=1S/C27H28N2O5/c1-18-5-4-6-22(13-18)32-12-11-29-23-15-21(9-10-24(23)34-17-27(29)31)28-26(30)16-33-25-14-19(2)7-8-20(25)3/h4-10,13-15H,11-12,16-17H2,1-3H3,(H,28,30). The number of hydrogen-bond donors (Lipinski definition) is 1. The molecule has 0 unspecified atom stereocenters. The van der Waals surface area contributed by atoms with Crippen molar-refractivity contribution in [2.75, 3.05) is 36.6 Å². The summed E-state index contributed by atoms with van der Waals surface area (Å²) in [6.45, 7) is 6.44. The highest BCUT2D eigenvalue weighted by molar-refractivity contribution is 5.99. The summed E-state index contributed by atoms with van der Waals surface area (Å²) in [6, 6.07) is 18.8. The fraction of sp³-hybridized carbons (Fsp3) is 0.259. The SMILES string of the molecule is Cc1cccc(OCCN2C(=O)COc3ccc(NC(=O)COc4cc(C)ccc4C)cc32)c1. The lowest BCUT2D eigenvalue weighted by molar-refractivity contribution is -0.121. The van der Waals surface area contributed by atoms with Crippen molar-refractivity contribution in [3.8, 4) is 17.2 Å². The lowest BCUT2D eigenvalue weighted by Gasteiger charge is -2.29. The number of anilines is 2. The minimum Gasteiger partial charge on any atom is -0.492 e. The third kappa shape index (κ3) is 5.67. The van der Waals surface area contributed by atoms with Crippen molar-refractivity contribution in [3.63, 3.8) is 0 Å². The summed E-state index contributed by atoms with van der Waals surface area (Å²) in [6.07, 6.45) is 0. The summed E-state index contributed by atoms with van der Waals surface area (Å²) < 4.78 is 17.1. The molecule has 0 aromatic heterocycles. The van der Waals surface area contributed by atoms with Crippen LogP contribution in [0.4, 0.5) is 11.4 Å². The Morgan fingerprint density at radius 1 is 1.00 bits per heavy atom. The number of ether oxygens (including phenoxy) is 3. The maximum atomic E-state index is 12.5. The van der Waals surface area contributed by atoms with Crippen LogP contribution in [0.5, 0.6) is 17.2 Å². The molecule has 1 aliphatic heterocycles. The van der Waals surface area contributed by atoms with Crippen LogP contribution >= 0.6 is 0 Å². The van der Waals surface area contributed by atoms with Gasteiger partial charge in [0.1, 0.15) is 23.9 Å². The molecule has 7 nitrogen and oxygen atoms in total. The van der Waals surface area contributed by atoms with Gasteiger partial charge in [0.15, 0.2) is 13.2 Å². The van der Waals surface area contributed by atoms with Crippen LogP contribution < -0.4 is 24.4 Å². The number of hydrogen-bond acceptors (Lipinski definition) is 5. The van der Waals surface area contributed by atoms with Gasteiger partial charge in [0.05, 0.1) is 12.2 Å². The van der Waals surface area contributed by atoms with Gasteiger partial charge in [-0.3, -0.25) is 9.59 Å². The zero-order chi connectivity index (χ0) is 24.1. The number of fused-ring (bicyclic) bond motifs is 1. The maximum Gasteiger partial charge on any atom is 0.265 e. The van der Waals surface area contributed by atoms with Gasteiger partial charge in [-0.2, -0.15) is 0 Å². The Morgan fingerprint density at radius 3 is 2.65 bits per heavy atom. The quantitative estimate of drug-likeness (QED) is 0.538. The van der Waals surface area contributed by atoms with Crippen molar-refractivity contribution in [3.05, 3.63) is 77.4 Å². The van der Waals surface area contributed by atoms with Crippen LogP contribution in [0.15, 0.2) is 60.7 Å². The second kappa shape index (κ2) is 10.3. The summed E-state index contributed by atoms with van der Waals surface area (Å²) in [5.41, 5.74) is 4.28. The van der Waals surface area contributed by atoms with E-state index in [2.05, 4.69) is 5.32 Å². The van der Waals surface area contributed by atoms with Crippen LogP contribution in [0, 0.1) is 20.8 Å². The van der Waals surface area contributed by atoms with Gasteiger partial charge < -0.3 is 24.4 Å². The Hall–Kier alpha value is -4.00. The van der Waals surface area contributed by atoms with Crippen LogP contribution in [0.25, 0.3) is 0 Å². The van der Waals surface area contributed by atoms with E-state index in [1.807, 2.05) is 63.2 Å². The zero-order valence-corrected chi connectivity index (χ0v) is 19.6. The fourth-order valence-corrected chi connectivity index (χ4v) is 3.69. The Labute approximate surface area is 199 Å². The molecule has 1 N–H and O–H groups in total. The molecule has 0 fully saturated rings. The molecule has 0 atom stereocenters. The van der Waals surface area contributed by atoms with E-state index in [-0.39, 0.29) is 25.0 Å². The third-order valence-corrected chi connectivity index (χ3v) is 5.46. The molecule has 2 amide bonds. The predicted molar refractivity (Wildman–Crippen MR) is 131 cm³/mol. The van der Waals surface area contributed by atoms with E-state index in [1.54, 1.807) is 23.1 Å². The molecule has 0 saturated carbocycles. The first-order valence-electron chi connectivity index (χ1n) is 11.2. The molecule has 3 aromatic rings. The summed E-state index contributed by atoms with van der Waals surface area (Å²) in [5, 5.41) is 2.83. The number of rotatable bonds is 8. The minimum absolute atomic E-state index is 0.0349. The van der Waals surface area contributed by atoms with Crippen molar-refractivity contribution in [2.45, 2.75) is 20.8 Å². The van der Waals surface area contributed by atoms with Crippen molar-refractivity contribution < 1.29 is 23.8 Å². The molecule has 176 valence electrons. The average molecular weight is 461 g/mol. The van der Waals surface area contributed by atoms with E-state index < -0.39 is 0 Å². The largest absolute Gasteiger partial charge is 0.492 e. The van der Waals surface area contributed by atoms with Crippen molar-refractivity contribution in [1.82, 2.24) is 0 Å². The molecule has 3 aromatic carbocycles. The zero-order valence-electron chi connectivity index (χ0n) is 19.6. The first kappa shape index (κ1) is 23.2. The number of benzene rings is 3. The summed E-state index contributed by atoms with van der Waals surface area (Å²) in [7, 11) is 0. The predicted octanol–water partition coefficient (Wildman–Crippen LogP) is 4.43. The molecule has 1 heterocycles. The van der Waals surface area contributed by atoms with Gasteiger partial charge >= 0.3 is 0 Å². The van der Waals surface area contributed by atoms with Gasteiger partial charge in [0.2, 0.25) is 0 Å². The Balaban J connectivity index is 1.39. The van der Waals surface area contributed by atoms with Crippen LogP contribution in [0.1, 0.15) is 16.7 Å². The van der Waals surface area contributed by atoms with Crippen molar-refractivity contribution >= 4 is 23.2 Å². The molecular formula is C27H28N2O5.